The average molecular weight is 954 g/mol. The number of rotatable bonds is 2. The fraction of sp³-hybridized carbons (Fsp3) is 0.0714. The highest BCUT2D eigenvalue weighted by Gasteiger charge is 2.26. The lowest BCUT2D eigenvalue weighted by molar-refractivity contribution is 1.52. The molecular weight excluding hydrogens is 942 g/mol. The molecule has 0 aliphatic heterocycles. The Hall–Kier alpha value is 0.360. The fourth-order valence-electron chi connectivity index (χ4n) is 4.80. The lowest BCUT2D eigenvalue weighted by Crippen LogP contribution is -1.73. The summed E-state index contributed by atoms with van der Waals surface area (Å²) in [6.07, 6.45) is 0. The van der Waals surface area contributed by atoms with E-state index in [1.54, 1.807) is 0 Å². The molecule has 0 aliphatic carbocycles. The van der Waals surface area contributed by atoms with Crippen LogP contribution >= 0.6 is 145 Å². The summed E-state index contributed by atoms with van der Waals surface area (Å²) in [5.74, 6) is 0. The van der Waals surface area contributed by atoms with Gasteiger partial charge in [0.15, 0.2) is 0 Å². The molecule has 8 rings (SSSR count). The molecule has 0 radical (unpaired) electrons. The Labute approximate surface area is 286 Å². The maximum Gasteiger partial charge on any atom is 0.0651 e. The number of halogens is 4. The number of hydrogen-bond donors (Lipinski definition) is 0. The van der Waals surface area contributed by atoms with E-state index in [9.17, 15) is 0 Å². The molecule has 0 aliphatic rings. The highest BCUT2D eigenvalue weighted by molar-refractivity contribution is 14.1. The minimum atomic E-state index is 1.26. The van der Waals surface area contributed by atoms with E-state index in [4.69, 9.17) is 0 Å². The van der Waals surface area contributed by atoms with Crippen molar-refractivity contribution in [3.05, 3.63) is 63.6 Å². The van der Waals surface area contributed by atoms with Crippen LogP contribution in [0.4, 0.5) is 0 Å². The topological polar surface area (TPSA) is 0 Å². The third-order valence-electron chi connectivity index (χ3n) is 6.63. The lowest BCUT2D eigenvalue weighted by atomic mass is 10.2. The Morgan fingerprint density at radius 3 is 1.32 bits per heavy atom. The quantitative estimate of drug-likeness (QED) is 0.152. The largest absolute Gasteiger partial charge is 0.133 e. The van der Waals surface area contributed by atoms with E-state index < -0.39 is 0 Å². The normalized spacial score (nSPS) is 12.5. The number of thiophene rings is 6. The van der Waals surface area contributed by atoms with Crippen LogP contribution < -0.4 is 0 Å². The molecule has 6 aromatic heterocycles. The first kappa shape index (κ1) is 26.0. The SMILES string of the molecule is Cc1ccc2c(I)c(-c3sc4c(sc5c6sc(-c7sc8cc(C)ccc8c7I)c(Br)c6sc45)c3Br)sc2c1. The van der Waals surface area contributed by atoms with Crippen molar-refractivity contribution in [3.8, 4) is 19.5 Å². The van der Waals surface area contributed by atoms with Gasteiger partial charge in [0.1, 0.15) is 0 Å². The molecule has 0 nitrogen and oxygen atoms in total. The van der Waals surface area contributed by atoms with Gasteiger partial charge in [-0.1, -0.05) is 24.3 Å². The Balaban J connectivity index is 1.31. The van der Waals surface area contributed by atoms with E-state index >= 15 is 0 Å². The van der Waals surface area contributed by atoms with E-state index in [-0.39, 0.29) is 0 Å². The zero-order valence-corrected chi connectivity index (χ0v) is 31.8. The van der Waals surface area contributed by atoms with Gasteiger partial charge in [0.25, 0.3) is 0 Å². The van der Waals surface area contributed by atoms with Crippen molar-refractivity contribution in [1.82, 2.24) is 0 Å². The van der Waals surface area contributed by atoms with E-state index in [1.807, 2.05) is 68.0 Å². The fourth-order valence-corrected chi connectivity index (χ4v) is 18.3. The molecule has 0 N–H and O–H groups in total. The molecular formula is C28H12Br2I2S6. The standard InChI is InChI=1S/C28H12Br2I2S6/c1-9-3-5-11-13(7-9)33-23(17(11)31)19-15(29)21-25(35-19)27-28(37-21)26-22(38-27)16(30)20(36-26)24-18(32)12-6-4-10(2)8-14(12)34-24/h3-8H,1-2H3. The zero-order valence-electron chi connectivity index (χ0n) is 19.4. The molecule has 0 fully saturated rings. The Kier molecular flexibility index (Phi) is 6.46. The third-order valence-corrected chi connectivity index (χ3v) is 20.4. The molecule has 0 saturated heterocycles. The maximum atomic E-state index is 4.04. The average Bonchev–Trinajstić information content (AvgIpc) is 3.69. The molecule has 10 heteroatoms. The first-order valence-corrected chi connectivity index (χ1v) is 20.1. The summed E-state index contributed by atoms with van der Waals surface area (Å²) >= 11 is 24.8. The van der Waals surface area contributed by atoms with Crippen molar-refractivity contribution in [2.45, 2.75) is 13.8 Å². The predicted octanol–water partition coefficient (Wildman–Crippen LogP) is 14.5. The molecule has 0 atom stereocenters. The molecule has 0 unspecified atom stereocenters. The molecule has 6 heterocycles. The van der Waals surface area contributed by atoms with Gasteiger partial charge < -0.3 is 0 Å². The van der Waals surface area contributed by atoms with E-state index in [2.05, 4.69) is 127 Å². The van der Waals surface area contributed by atoms with Crippen molar-refractivity contribution in [1.29, 1.82) is 0 Å². The van der Waals surface area contributed by atoms with Crippen molar-refractivity contribution >= 4 is 193 Å². The van der Waals surface area contributed by atoms with Crippen LogP contribution in [0.15, 0.2) is 45.3 Å². The van der Waals surface area contributed by atoms with Gasteiger partial charge in [0.2, 0.25) is 0 Å². The van der Waals surface area contributed by atoms with Crippen molar-refractivity contribution in [2.75, 3.05) is 0 Å². The lowest BCUT2D eigenvalue weighted by Gasteiger charge is -1.96. The predicted molar refractivity (Wildman–Crippen MR) is 202 cm³/mol. The second-order valence-corrected chi connectivity index (χ2v) is 19.1. The smallest absolute Gasteiger partial charge is 0.0651 e. The van der Waals surface area contributed by atoms with Crippen molar-refractivity contribution < 1.29 is 0 Å². The van der Waals surface area contributed by atoms with Crippen LogP contribution in [0.25, 0.3) is 67.9 Å². The molecule has 0 bridgehead atoms. The van der Waals surface area contributed by atoms with Gasteiger partial charge in [-0.05, 0) is 114 Å². The van der Waals surface area contributed by atoms with Crippen LogP contribution in [-0.4, -0.2) is 0 Å². The first-order chi connectivity index (χ1) is 18.3. The Morgan fingerprint density at radius 1 is 0.500 bits per heavy atom. The molecule has 2 aromatic carbocycles. The van der Waals surface area contributed by atoms with Crippen molar-refractivity contribution in [2.24, 2.45) is 0 Å². The van der Waals surface area contributed by atoms with Gasteiger partial charge in [-0.25, -0.2) is 0 Å². The van der Waals surface area contributed by atoms with Crippen LogP contribution in [0.3, 0.4) is 0 Å². The van der Waals surface area contributed by atoms with Crippen LogP contribution in [-0.2, 0) is 0 Å². The molecule has 0 amide bonds. The van der Waals surface area contributed by atoms with Gasteiger partial charge in [-0.2, -0.15) is 0 Å². The summed E-state index contributed by atoms with van der Waals surface area (Å²) in [6.45, 7) is 4.35. The van der Waals surface area contributed by atoms with E-state index in [0.717, 1.165) is 0 Å². The Bertz CT molecular complexity index is 2110. The van der Waals surface area contributed by atoms with E-state index in [0.29, 0.717) is 0 Å². The molecule has 8 aromatic rings. The summed E-state index contributed by atoms with van der Waals surface area (Å²) in [4.78, 5) is 5.50. The van der Waals surface area contributed by atoms with E-state index in [1.165, 1.54) is 95.1 Å². The monoisotopic (exact) mass is 952 g/mol. The maximum absolute atomic E-state index is 4.04. The summed E-state index contributed by atoms with van der Waals surface area (Å²) in [6, 6.07) is 13.6. The van der Waals surface area contributed by atoms with Crippen LogP contribution in [0, 0.1) is 21.0 Å². The minimum absolute atomic E-state index is 1.26. The van der Waals surface area contributed by atoms with Gasteiger partial charge in [0.05, 0.1) is 56.7 Å². The van der Waals surface area contributed by atoms with Gasteiger partial charge in [-0.15, -0.1) is 68.0 Å². The number of fused-ring (bicyclic) bond motifs is 7. The Morgan fingerprint density at radius 2 is 0.895 bits per heavy atom. The van der Waals surface area contributed by atoms with Crippen LogP contribution in [0.1, 0.15) is 11.1 Å². The number of benzene rings is 2. The summed E-state index contributed by atoms with van der Waals surface area (Å²) in [7, 11) is 0. The molecule has 0 spiro atoms. The van der Waals surface area contributed by atoms with Gasteiger partial charge in [-0.3, -0.25) is 0 Å². The van der Waals surface area contributed by atoms with Gasteiger partial charge >= 0.3 is 0 Å². The molecule has 0 saturated carbocycles. The molecule has 188 valence electrons. The zero-order chi connectivity index (χ0) is 26.0. The minimum Gasteiger partial charge on any atom is -0.133 e. The van der Waals surface area contributed by atoms with Crippen molar-refractivity contribution in [3.63, 3.8) is 0 Å². The summed E-state index contributed by atoms with van der Waals surface area (Å²) in [5, 5.41) is 2.73. The highest BCUT2D eigenvalue weighted by Crippen LogP contribution is 2.59. The summed E-state index contributed by atoms with van der Waals surface area (Å²) in [5.41, 5.74) is 2.64. The highest BCUT2D eigenvalue weighted by atomic mass is 127. The third kappa shape index (κ3) is 3.73. The number of aryl methyl sites for hydroxylation is 2. The number of hydrogen-bond acceptors (Lipinski definition) is 6. The van der Waals surface area contributed by atoms with Crippen LogP contribution in [0.5, 0.6) is 0 Å². The molecule has 38 heavy (non-hydrogen) atoms. The summed E-state index contributed by atoms with van der Waals surface area (Å²) < 4.78 is 16.5. The second kappa shape index (κ2) is 9.43. The second-order valence-electron chi connectivity index (χ2n) is 9.16. The first-order valence-electron chi connectivity index (χ1n) is 11.4. The van der Waals surface area contributed by atoms with Gasteiger partial charge in [0, 0.05) is 27.3 Å². The van der Waals surface area contributed by atoms with Crippen LogP contribution in [0.2, 0.25) is 0 Å².